The van der Waals surface area contributed by atoms with E-state index >= 15 is 0 Å². The summed E-state index contributed by atoms with van der Waals surface area (Å²) in [6.45, 7) is 3.81. The minimum absolute atomic E-state index is 0.133. The second kappa shape index (κ2) is 6.16. The van der Waals surface area contributed by atoms with Crippen LogP contribution in [-0.2, 0) is 10.0 Å². The number of benzene rings is 1. The Morgan fingerprint density at radius 3 is 2.26 bits per heavy atom. The fourth-order valence-corrected chi connectivity index (χ4v) is 3.71. The molecule has 0 aromatic heterocycles. The number of hydrogen-bond donors (Lipinski definition) is 1. The zero-order valence-electron chi connectivity index (χ0n) is 11.3. The van der Waals surface area contributed by atoms with Gasteiger partial charge in [0.25, 0.3) is 0 Å². The van der Waals surface area contributed by atoms with Gasteiger partial charge in [0.1, 0.15) is 0 Å². The van der Waals surface area contributed by atoms with E-state index in [9.17, 15) is 13.2 Å². The molecule has 0 saturated heterocycles. The highest BCUT2D eigenvalue weighted by molar-refractivity contribution is 7.89. The smallest absolute Gasteiger partial charge is 0.337 e. The molecule has 1 aromatic carbocycles. The number of carboxylic acid groups (broad SMARTS) is 1. The first kappa shape index (κ1) is 15.7. The summed E-state index contributed by atoms with van der Waals surface area (Å²) < 4.78 is 26.2. The van der Waals surface area contributed by atoms with Crippen LogP contribution in [0, 0.1) is 0 Å². The summed E-state index contributed by atoms with van der Waals surface area (Å²) in [7, 11) is -2.29. The average molecular weight is 285 g/mol. The molecule has 0 spiro atoms. The second-order valence-corrected chi connectivity index (χ2v) is 6.26. The second-order valence-electron chi connectivity index (χ2n) is 4.29. The molecule has 0 radical (unpaired) electrons. The van der Waals surface area contributed by atoms with E-state index in [-0.39, 0.29) is 16.5 Å². The Kier molecular flexibility index (Phi) is 5.08. The molecule has 0 aliphatic rings. The highest BCUT2D eigenvalue weighted by Gasteiger charge is 2.29. The van der Waals surface area contributed by atoms with Gasteiger partial charge >= 0.3 is 5.97 Å². The molecule has 106 valence electrons. The van der Waals surface area contributed by atoms with Crippen LogP contribution in [0.1, 0.15) is 37.0 Å². The van der Waals surface area contributed by atoms with Crippen LogP contribution in [0.15, 0.2) is 29.2 Å². The van der Waals surface area contributed by atoms with Crippen molar-refractivity contribution in [1.82, 2.24) is 4.31 Å². The lowest BCUT2D eigenvalue weighted by Crippen LogP contribution is -2.36. The zero-order valence-corrected chi connectivity index (χ0v) is 12.1. The number of hydrogen-bond acceptors (Lipinski definition) is 3. The fraction of sp³-hybridized carbons (Fsp3) is 0.462. The summed E-state index contributed by atoms with van der Waals surface area (Å²) in [5.41, 5.74) is -0.194. The van der Waals surface area contributed by atoms with Gasteiger partial charge in [0.15, 0.2) is 0 Å². The Balaban J connectivity index is 3.32. The highest BCUT2D eigenvalue weighted by atomic mass is 32.2. The number of carboxylic acids is 1. The molecule has 6 heteroatoms. The Morgan fingerprint density at radius 2 is 1.79 bits per heavy atom. The van der Waals surface area contributed by atoms with Gasteiger partial charge in [-0.25, -0.2) is 13.2 Å². The number of rotatable bonds is 6. The summed E-state index contributed by atoms with van der Waals surface area (Å²) >= 11 is 0. The topological polar surface area (TPSA) is 74.7 Å². The van der Waals surface area contributed by atoms with E-state index in [0.29, 0.717) is 12.8 Å². The molecule has 0 fully saturated rings. The van der Waals surface area contributed by atoms with Crippen LogP contribution < -0.4 is 0 Å². The molecule has 0 unspecified atom stereocenters. The molecule has 0 aliphatic heterocycles. The predicted molar refractivity (Wildman–Crippen MR) is 72.7 cm³/mol. The van der Waals surface area contributed by atoms with Gasteiger partial charge in [0, 0.05) is 13.1 Å². The van der Waals surface area contributed by atoms with Crippen molar-refractivity contribution >= 4 is 16.0 Å². The van der Waals surface area contributed by atoms with E-state index in [2.05, 4.69) is 0 Å². The normalized spacial score (nSPS) is 12.1. The summed E-state index contributed by atoms with van der Waals surface area (Å²) in [6.07, 6.45) is 1.36. The third kappa shape index (κ3) is 3.13. The number of carbonyl (C=O) groups is 1. The fourth-order valence-electron chi connectivity index (χ4n) is 2.02. The molecular weight excluding hydrogens is 266 g/mol. The van der Waals surface area contributed by atoms with Crippen LogP contribution in [0.2, 0.25) is 0 Å². The average Bonchev–Trinajstić information content (AvgIpc) is 2.39. The molecule has 0 saturated carbocycles. The summed E-state index contributed by atoms with van der Waals surface area (Å²) in [5, 5.41) is 9.08. The van der Waals surface area contributed by atoms with Crippen LogP contribution in [0.5, 0.6) is 0 Å². The lowest BCUT2D eigenvalue weighted by Gasteiger charge is -2.26. The van der Waals surface area contributed by atoms with E-state index in [4.69, 9.17) is 5.11 Å². The van der Waals surface area contributed by atoms with Crippen molar-refractivity contribution < 1.29 is 18.3 Å². The highest BCUT2D eigenvalue weighted by Crippen LogP contribution is 2.22. The first-order chi connectivity index (χ1) is 8.86. The molecule has 0 atom stereocenters. The van der Waals surface area contributed by atoms with Crippen molar-refractivity contribution in [2.24, 2.45) is 0 Å². The number of nitrogens with zero attached hydrogens (tertiary/aromatic N) is 1. The van der Waals surface area contributed by atoms with Gasteiger partial charge in [-0.3, -0.25) is 0 Å². The molecule has 1 aromatic rings. The van der Waals surface area contributed by atoms with Crippen LogP contribution in [0.25, 0.3) is 0 Å². The Morgan fingerprint density at radius 1 is 1.26 bits per heavy atom. The summed E-state index contributed by atoms with van der Waals surface area (Å²) in [4.78, 5) is 11.0. The molecule has 0 amide bonds. The largest absolute Gasteiger partial charge is 0.478 e. The van der Waals surface area contributed by atoms with E-state index in [1.807, 2.05) is 13.8 Å². The standard InChI is InChI=1S/C13H19NO4S/c1-4-10(5-2)14(3)19(17,18)12-9-7-6-8-11(12)13(15)16/h6-10H,4-5H2,1-3H3,(H,15,16). The van der Waals surface area contributed by atoms with Gasteiger partial charge in [-0.2, -0.15) is 4.31 Å². The molecule has 0 bridgehead atoms. The van der Waals surface area contributed by atoms with Gasteiger partial charge in [-0.15, -0.1) is 0 Å². The minimum atomic E-state index is -3.79. The molecule has 1 N–H and O–H groups in total. The third-order valence-corrected chi connectivity index (χ3v) is 5.20. The van der Waals surface area contributed by atoms with Crippen LogP contribution >= 0.6 is 0 Å². The van der Waals surface area contributed by atoms with Gasteiger partial charge < -0.3 is 5.11 Å². The lowest BCUT2D eigenvalue weighted by atomic mass is 10.2. The van der Waals surface area contributed by atoms with Crippen molar-refractivity contribution in [1.29, 1.82) is 0 Å². The molecule has 0 aliphatic carbocycles. The van der Waals surface area contributed by atoms with E-state index < -0.39 is 16.0 Å². The first-order valence-corrected chi connectivity index (χ1v) is 7.60. The van der Waals surface area contributed by atoms with Crippen molar-refractivity contribution in [2.75, 3.05) is 7.05 Å². The van der Waals surface area contributed by atoms with Gasteiger partial charge in [-0.1, -0.05) is 26.0 Å². The van der Waals surface area contributed by atoms with Crippen molar-refractivity contribution in [2.45, 2.75) is 37.6 Å². The lowest BCUT2D eigenvalue weighted by molar-refractivity contribution is 0.0692. The maximum atomic E-state index is 12.5. The predicted octanol–water partition coefficient (Wildman–Crippen LogP) is 2.19. The Bertz CT molecular complexity index is 550. The van der Waals surface area contributed by atoms with E-state index in [1.54, 1.807) is 0 Å². The molecule has 0 heterocycles. The van der Waals surface area contributed by atoms with Crippen LogP contribution in [-0.4, -0.2) is 36.9 Å². The minimum Gasteiger partial charge on any atom is -0.478 e. The van der Waals surface area contributed by atoms with Gasteiger partial charge in [-0.05, 0) is 25.0 Å². The third-order valence-electron chi connectivity index (χ3n) is 3.23. The summed E-state index contributed by atoms with van der Waals surface area (Å²) in [6, 6.07) is 5.54. The molecule has 1 rings (SSSR count). The maximum absolute atomic E-state index is 12.5. The van der Waals surface area contributed by atoms with Crippen LogP contribution in [0.3, 0.4) is 0 Å². The Labute approximate surface area is 113 Å². The SMILES string of the molecule is CCC(CC)N(C)S(=O)(=O)c1ccccc1C(=O)O. The van der Waals surface area contributed by atoms with E-state index in [1.165, 1.54) is 35.6 Å². The Hall–Kier alpha value is -1.40. The van der Waals surface area contributed by atoms with Crippen molar-refractivity contribution in [3.8, 4) is 0 Å². The first-order valence-electron chi connectivity index (χ1n) is 6.16. The molecular formula is C13H19NO4S. The van der Waals surface area contributed by atoms with Crippen LogP contribution in [0.4, 0.5) is 0 Å². The van der Waals surface area contributed by atoms with Gasteiger partial charge in [0.2, 0.25) is 10.0 Å². The zero-order chi connectivity index (χ0) is 14.6. The number of sulfonamides is 1. The van der Waals surface area contributed by atoms with Crippen molar-refractivity contribution in [3.05, 3.63) is 29.8 Å². The molecule has 5 nitrogen and oxygen atoms in total. The summed E-state index contributed by atoms with van der Waals surface area (Å²) in [5.74, 6) is -1.24. The molecule has 19 heavy (non-hydrogen) atoms. The van der Waals surface area contributed by atoms with Crippen molar-refractivity contribution in [3.63, 3.8) is 0 Å². The quantitative estimate of drug-likeness (QED) is 0.869. The number of aromatic carboxylic acids is 1. The maximum Gasteiger partial charge on any atom is 0.337 e. The van der Waals surface area contributed by atoms with Gasteiger partial charge in [0.05, 0.1) is 10.5 Å². The van der Waals surface area contributed by atoms with E-state index in [0.717, 1.165) is 0 Å². The monoisotopic (exact) mass is 285 g/mol.